The molecule has 5 nitrogen and oxygen atoms in total. The minimum absolute atomic E-state index is 0.121. The number of carbonyl (C=O) groups excluding carboxylic acids is 1. The maximum Gasteiger partial charge on any atom is 0.263 e. The van der Waals surface area contributed by atoms with Gasteiger partial charge in [-0.1, -0.05) is 25.1 Å². The molecule has 1 heterocycles. The number of sulfone groups is 1. The highest BCUT2D eigenvalue weighted by molar-refractivity contribution is 7.92. The number of para-hydroxylation sites is 1. The molecule has 1 atom stereocenters. The fourth-order valence-corrected chi connectivity index (χ4v) is 3.38. The van der Waals surface area contributed by atoms with Gasteiger partial charge < -0.3 is 9.64 Å². The zero-order valence-corrected chi connectivity index (χ0v) is 12.5. The molecule has 1 aromatic carbocycles. The van der Waals surface area contributed by atoms with Crippen LogP contribution in [0.25, 0.3) is 0 Å². The van der Waals surface area contributed by atoms with Crippen LogP contribution in [0.2, 0.25) is 0 Å². The SMILES string of the molecule is CCS(=O)(=O)C1CN(C(=O)C(C)Oc2ccccc2)C1. The van der Waals surface area contributed by atoms with Crippen molar-refractivity contribution in [1.82, 2.24) is 4.90 Å². The van der Waals surface area contributed by atoms with E-state index >= 15 is 0 Å². The van der Waals surface area contributed by atoms with Gasteiger partial charge in [-0.3, -0.25) is 4.79 Å². The Morgan fingerprint density at radius 3 is 2.50 bits per heavy atom. The van der Waals surface area contributed by atoms with Crippen LogP contribution in [-0.2, 0) is 14.6 Å². The molecular formula is C14H19NO4S. The van der Waals surface area contributed by atoms with E-state index in [2.05, 4.69) is 0 Å². The molecule has 110 valence electrons. The molecule has 1 fully saturated rings. The van der Waals surface area contributed by atoms with Crippen LogP contribution in [0.4, 0.5) is 0 Å². The molecule has 6 heteroatoms. The zero-order chi connectivity index (χ0) is 14.8. The first-order valence-corrected chi connectivity index (χ1v) is 8.37. The van der Waals surface area contributed by atoms with E-state index in [0.717, 1.165) is 0 Å². The van der Waals surface area contributed by atoms with E-state index in [4.69, 9.17) is 4.74 Å². The highest BCUT2D eigenvalue weighted by Crippen LogP contribution is 2.19. The summed E-state index contributed by atoms with van der Waals surface area (Å²) in [5.41, 5.74) is 0. The molecule has 0 aliphatic carbocycles. The Morgan fingerprint density at radius 1 is 1.35 bits per heavy atom. The maximum atomic E-state index is 12.1. The summed E-state index contributed by atoms with van der Waals surface area (Å²) in [5, 5.41) is -0.416. The number of rotatable bonds is 5. The van der Waals surface area contributed by atoms with E-state index in [1.165, 1.54) is 4.90 Å². The van der Waals surface area contributed by atoms with Crippen molar-refractivity contribution in [1.29, 1.82) is 0 Å². The van der Waals surface area contributed by atoms with Crippen LogP contribution in [0, 0.1) is 0 Å². The van der Waals surface area contributed by atoms with Crippen molar-refractivity contribution in [2.75, 3.05) is 18.8 Å². The average molecular weight is 297 g/mol. The van der Waals surface area contributed by atoms with Gasteiger partial charge in [0.1, 0.15) is 5.75 Å². The molecular weight excluding hydrogens is 278 g/mol. The van der Waals surface area contributed by atoms with Crippen LogP contribution in [-0.4, -0.2) is 49.4 Å². The summed E-state index contributed by atoms with van der Waals surface area (Å²) < 4.78 is 28.8. The number of nitrogens with zero attached hydrogens (tertiary/aromatic N) is 1. The van der Waals surface area contributed by atoms with Crippen LogP contribution in [0.1, 0.15) is 13.8 Å². The summed E-state index contributed by atoms with van der Waals surface area (Å²) >= 11 is 0. The molecule has 1 unspecified atom stereocenters. The molecule has 0 spiro atoms. The van der Waals surface area contributed by atoms with Crippen molar-refractivity contribution in [2.24, 2.45) is 0 Å². The quantitative estimate of drug-likeness (QED) is 0.816. The molecule has 0 N–H and O–H groups in total. The second-order valence-corrected chi connectivity index (χ2v) is 7.46. The van der Waals surface area contributed by atoms with Crippen LogP contribution >= 0.6 is 0 Å². The largest absolute Gasteiger partial charge is 0.481 e. The van der Waals surface area contributed by atoms with Gasteiger partial charge in [0.25, 0.3) is 5.91 Å². The molecule has 1 aliphatic rings. The highest BCUT2D eigenvalue weighted by atomic mass is 32.2. The highest BCUT2D eigenvalue weighted by Gasteiger charge is 2.40. The average Bonchev–Trinajstić information content (AvgIpc) is 2.37. The Morgan fingerprint density at radius 2 is 1.95 bits per heavy atom. The number of hydrogen-bond donors (Lipinski definition) is 0. The summed E-state index contributed by atoms with van der Waals surface area (Å²) in [4.78, 5) is 13.6. The van der Waals surface area contributed by atoms with Gasteiger partial charge in [0, 0.05) is 18.8 Å². The van der Waals surface area contributed by atoms with Crippen LogP contribution in [0.3, 0.4) is 0 Å². The molecule has 20 heavy (non-hydrogen) atoms. The summed E-state index contributed by atoms with van der Waals surface area (Å²) in [5.74, 6) is 0.582. The lowest BCUT2D eigenvalue weighted by molar-refractivity contribution is -0.141. The minimum atomic E-state index is -3.05. The Bertz CT molecular complexity index is 564. The van der Waals surface area contributed by atoms with Gasteiger partial charge in [0.05, 0.1) is 5.25 Å². The second-order valence-electron chi connectivity index (χ2n) is 4.89. The Kier molecular flexibility index (Phi) is 4.32. The van der Waals surface area contributed by atoms with Gasteiger partial charge in [-0.15, -0.1) is 0 Å². The van der Waals surface area contributed by atoms with Gasteiger partial charge in [0.15, 0.2) is 15.9 Å². The van der Waals surface area contributed by atoms with Crippen molar-refractivity contribution < 1.29 is 17.9 Å². The number of amides is 1. The Hall–Kier alpha value is -1.56. The molecule has 0 bridgehead atoms. The van der Waals surface area contributed by atoms with Crippen molar-refractivity contribution in [3.8, 4) is 5.75 Å². The van der Waals surface area contributed by atoms with Crippen LogP contribution in [0.5, 0.6) is 5.75 Å². The summed E-state index contributed by atoms with van der Waals surface area (Å²) in [7, 11) is -3.05. The fourth-order valence-electron chi connectivity index (χ4n) is 2.09. The normalized spacial score (nSPS) is 17.4. The third kappa shape index (κ3) is 3.12. The lowest BCUT2D eigenvalue weighted by Crippen LogP contribution is -2.59. The van der Waals surface area contributed by atoms with Crippen molar-refractivity contribution >= 4 is 15.7 Å². The monoisotopic (exact) mass is 297 g/mol. The van der Waals surface area contributed by atoms with Gasteiger partial charge in [-0.2, -0.15) is 0 Å². The van der Waals surface area contributed by atoms with Gasteiger partial charge in [-0.05, 0) is 19.1 Å². The van der Waals surface area contributed by atoms with Gasteiger partial charge >= 0.3 is 0 Å². The van der Waals surface area contributed by atoms with E-state index < -0.39 is 21.2 Å². The Balaban J connectivity index is 1.88. The molecule has 1 amide bonds. The number of benzene rings is 1. The first kappa shape index (κ1) is 14.8. The number of ether oxygens (including phenoxy) is 1. The van der Waals surface area contributed by atoms with Crippen molar-refractivity contribution in [3.63, 3.8) is 0 Å². The van der Waals surface area contributed by atoms with Gasteiger partial charge in [0.2, 0.25) is 0 Å². The first-order valence-electron chi connectivity index (χ1n) is 6.66. The molecule has 1 aromatic rings. The standard InChI is InChI=1S/C14H19NO4S/c1-3-20(17,18)13-9-15(10-13)14(16)11(2)19-12-7-5-4-6-8-12/h4-8,11,13H,3,9-10H2,1-2H3. The molecule has 1 saturated heterocycles. The molecule has 1 aliphatic heterocycles. The van der Waals surface area contributed by atoms with E-state index in [0.29, 0.717) is 5.75 Å². The number of carbonyl (C=O) groups is 1. The zero-order valence-electron chi connectivity index (χ0n) is 11.7. The molecule has 0 radical (unpaired) electrons. The number of hydrogen-bond acceptors (Lipinski definition) is 4. The van der Waals surface area contributed by atoms with E-state index in [1.807, 2.05) is 18.2 Å². The second kappa shape index (κ2) is 5.83. The summed E-state index contributed by atoms with van der Waals surface area (Å²) in [6.07, 6.45) is -0.609. The summed E-state index contributed by atoms with van der Waals surface area (Å²) in [6, 6.07) is 9.10. The van der Waals surface area contributed by atoms with E-state index in [1.54, 1.807) is 26.0 Å². The predicted octanol–water partition coefficient (Wildman–Crippen LogP) is 1.10. The third-order valence-corrected chi connectivity index (χ3v) is 5.59. The van der Waals surface area contributed by atoms with E-state index in [-0.39, 0.29) is 24.7 Å². The maximum absolute atomic E-state index is 12.1. The number of likely N-dealkylation sites (tertiary alicyclic amines) is 1. The topological polar surface area (TPSA) is 63.7 Å². The predicted molar refractivity (Wildman–Crippen MR) is 76.4 cm³/mol. The van der Waals surface area contributed by atoms with E-state index in [9.17, 15) is 13.2 Å². The van der Waals surface area contributed by atoms with Crippen molar-refractivity contribution in [2.45, 2.75) is 25.2 Å². The fraction of sp³-hybridized carbons (Fsp3) is 0.500. The molecule has 2 rings (SSSR count). The smallest absolute Gasteiger partial charge is 0.263 e. The third-order valence-electron chi connectivity index (χ3n) is 3.47. The molecule has 0 aromatic heterocycles. The molecule has 0 saturated carbocycles. The Labute approximate surface area is 119 Å². The van der Waals surface area contributed by atoms with Crippen LogP contribution in [0.15, 0.2) is 30.3 Å². The minimum Gasteiger partial charge on any atom is -0.481 e. The first-order chi connectivity index (χ1) is 9.44. The summed E-state index contributed by atoms with van der Waals surface area (Å²) in [6.45, 7) is 3.85. The lowest BCUT2D eigenvalue weighted by atomic mass is 10.2. The lowest BCUT2D eigenvalue weighted by Gasteiger charge is -2.39. The van der Waals surface area contributed by atoms with Crippen LogP contribution < -0.4 is 4.74 Å². The van der Waals surface area contributed by atoms with Crippen molar-refractivity contribution in [3.05, 3.63) is 30.3 Å². The van der Waals surface area contributed by atoms with Gasteiger partial charge in [-0.25, -0.2) is 8.42 Å².